The molecule has 4 nitrogen and oxygen atoms in total. The zero-order valence-electron chi connectivity index (χ0n) is 13.8. The van der Waals surface area contributed by atoms with Gasteiger partial charge in [0.15, 0.2) is 0 Å². The highest BCUT2D eigenvalue weighted by Crippen LogP contribution is 2.40. The van der Waals surface area contributed by atoms with Gasteiger partial charge in [-0.25, -0.2) is 4.79 Å². The first-order chi connectivity index (χ1) is 10.6. The molecule has 0 aliphatic rings. The number of hydrogen-bond donors (Lipinski definition) is 3. The molecule has 1 atom stereocenters. The molecule has 0 amide bonds. The first-order valence-electron chi connectivity index (χ1n) is 7.51. The van der Waals surface area contributed by atoms with Gasteiger partial charge in [0.1, 0.15) is 17.1 Å². The molecule has 2 aromatic carbocycles. The third-order valence-corrected chi connectivity index (χ3v) is 4.77. The molecule has 2 aromatic rings. The maximum absolute atomic E-state index is 11.2. The maximum atomic E-state index is 11.2. The van der Waals surface area contributed by atoms with Crippen LogP contribution in [0.15, 0.2) is 36.4 Å². The molecule has 0 heterocycles. The maximum Gasteiger partial charge on any atom is 0.339 e. The fourth-order valence-corrected chi connectivity index (χ4v) is 2.72. The molecule has 0 fully saturated rings. The van der Waals surface area contributed by atoms with E-state index >= 15 is 0 Å². The number of phenolic OH excluding ortho intramolecular Hbond substituents is 1. The highest BCUT2D eigenvalue weighted by molar-refractivity contribution is 5.91. The van der Waals surface area contributed by atoms with Crippen LogP contribution in [0.2, 0.25) is 0 Å². The highest BCUT2D eigenvalue weighted by atomic mass is 16.4. The molecule has 1 unspecified atom stereocenters. The monoisotopic (exact) mass is 314 g/mol. The average Bonchev–Trinajstić information content (AvgIpc) is 2.49. The van der Waals surface area contributed by atoms with Crippen LogP contribution >= 0.6 is 0 Å². The summed E-state index contributed by atoms with van der Waals surface area (Å²) in [6.07, 6.45) is 0. The standard InChI is InChI=1S/C19H22O4/c1-11-9-14(6-8-16(11)20)19(3,4)12(2)13-5-7-17(21)15(10-13)18(22)23/h5-10,12,20-21H,1-4H3,(H,22,23). The Morgan fingerprint density at radius 2 is 1.65 bits per heavy atom. The van der Waals surface area contributed by atoms with Gasteiger partial charge in [-0.2, -0.15) is 0 Å². The summed E-state index contributed by atoms with van der Waals surface area (Å²) in [7, 11) is 0. The number of aromatic carboxylic acids is 1. The topological polar surface area (TPSA) is 77.8 Å². The van der Waals surface area contributed by atoms with Crippen molar-refractivity contribution in [2.75, 3.05) is 0 Å². The lowest BCUT2D eigenvalue weighted by atomic mass is 9.71. The van der Waals surface area contributed by atoms with Crippen LogP contribution in [-0.2, 0) is 5.41 Å². The minimum atomic E-state index is -1.14. The smallest absolute Gasteiger partial charge is 0.339 e. The summed E-state index contributed by atoms with van der Waals surface area (Å²) in [5.41, 5.74) is 2.35. The molecule has 0 radical (unpaired) electrons. The van der Waals surface area contributed by atoms with Gasteiger partial charge in [-0.15, -0.1) is 0 Å². The van der Waals surface area contributed by atoms with E-state index in [0.29, 0.717) is 0 Å². The first-order valence-corrected chi connectivity index (χ1v) is 7.51. The number of rotatable bonds is 4. The third-order valence-electron chi connectivity index (χ3n) is 4.77. The average molecular weight is 314 g/mol. The van der Waals surface area contributed by atoms with Gasteiger partial charge in [-0.1, -0.05) is 39.0 Å². The molecule has 0 aromatic heterocycles. The summed E-state index contributed by atoms with van der Waals surface area (Å²) in [6.45, 7) is 8.04. The summed E-state index contributed by atoms with van der Waals surface area (Å²) >= 11 is 0. The molecule has 23 heavy (non-hydrogen) atoms. The number of carboxylic acid groups (broad SMARTS) is 1. The predicted molar refractivity (Wildman–Crippen MR) is 89.4 cm³/mol. The summed E-state index contributed by atoms with van der Waals surface area (Å²) in [5.74, 6) is -1.10. The number of aryl methyl sites for hydroxylation is 1. The van der Waals surface area contributed by atoms with E-state index in [9.17, 15) is 20.1 Å². The summed E-state index contributed by atoms with van der Waals surface area (Å²) in [4.78, 5) is 11.2. The Morgan fingerprint density at radius 3 is 2.22 bits per heavy atom. The van der Waals surface area contributed by atoms with E-state index in [1.54, 1.807) is 12.1 Å². The predicted octanol–water partition coefficient (Wildman–Crippen LogP) is 4.19. The Hall–Kier alpha value is -2.49. The molecule has 4 heteroatoms. The van der Waals surface area contributed by atoms with Gasteiger partial charge < -0.3 is 15.3 Å². The number of aromatic hydroxyl groups is 2. The Bertz CT molecular complexity index is 747. The third kappa shape index (κ3) is 3.16. The Morgan fingerprint density at radius 1 is 1.04 bits per heavy atom. The molecule has 0 aliphatic heterocycles. The zero-order chi connectivity index (χ0) is 17.4. The number of benzene rings is 2. The van der Waals surface area contributed by atoms with E-state index in [4.69, 9.17) is 0 Å². The van der Waals surface area contributed by atoms with Crippen molar-refractivity contribution in [3.8, 4) is 11.5 Å². The van der Waals surface area contributed by atoms with Crippen molar-refractivity contribution >= 4 is 5.97 Å². The summed E-state index contributed by atoms with van der Waals surface area (Å²) in [6, 6.07) is 10.2. The van der Waals surface area contributed by atoms with E-state index in [-0.39, 0.29) is 28.4 Å². The number of hydrogen-bond acceptors (Lipinski definition) is 3. The minimum absolute atomic E-state index is 0.0187. The minimum Gasteiger partial charge on any atom is -0.508 e. The largest absolute Gasteiger partial charge is 0.508 e. The second-order valence-corrected chi connectivity index (χ2v) is 6.53. The van der Waals surface area contributed by atoms with Crippen LogP contribution in [0.5, 0.6) is 11.5 Å². The number of carbonyl (C=O) groups is 1. The van der Waals surface area contributed by atoms with Gasteiger partial charge in [0, 0.05) is 0 Å². The normalized spacial score (nSPS) is 12.9. The van der Waals surface area contributed by atoms with Gasteiger partial charge in [0.25, 0.3) is 0 Å². The first kappa shape index (κ1) is 16.9. The number of phenols is 2. The van der Waals surface area contributed by atoms with Gasteiger partial charge in [0.2, 0.25) is 0 Å². The molecular weight excluding hydrogens is 292 g/mol. The lowest BCUT2D eigenvalue weighted by Crippen LogP contribution is -2.25. The fourth-order valence-electron chi connectivity index (χ4n) is 2.72. The van der Waals surface area contributed by atoms with Gasteiger partial charge in [0.05, 0.1) is 0 Å². The number of carboxylic acids is 1. The van der Waals surface area contributed by atoms with Crippen molar-refractivity contribution in [3.63, 3.8) is 0 Å². The molecule has 0 aliphatic carbocycles. The van der Waals surface area contributed by atoms with Gasteiger partial charge in [-0.3, -0.25) is 0 Å². The van der Waals surface area contributed by atoms with Crippen molar-refractivity contribution in [2.45, 2.75) is 39.0 Å². The van der Waals surface area contributed by atoms with E-state index in [2.05, 4.69) is 13.8 Å². The van der Waals surface area contributed by atoms with Crippen LogP contribution in [0.25, 0.3) is 0 Å². The van der Waals surface area contributed by atoms with Crippen molar-refractivity contribution in [2.24, 2.45) is 0 Å². The summed E-state index contributed by atoms with van der Waals surface area (Å²) in [5, 5.41) is 28.5. The molecule has 122 valence electrons. The lowest BCUT2D eigenvalue weighted by molar-refractivity contribution is 0.0693. The molecule has 0 bridgehead atoms. The van der Waals surface area contributed by atoms with Gasteiger partial charge in [-0.05, 0) is 53.1 Å². The molecule has 0 saturated heterocycles. The molecule has 2 rings (SSSR count). The lowest BCUT2D eigenvalue weighted by Gasteiger charge is -2.33. The van der Waals surface area contributed by atoms with E-state index < -0.39 is 5.97 Å². The van der Waals surface area contributed by atoms with Crippen LogP contribution in [0.3, 0.4) is 0 Å². The van der Waals surface area contributed by atoms with Crippen molar-refractivity contribution in [1.29, 1.82) is 0 Å². The van der Waals surface area contributed by atoms with E-state index in [1.807, 2.05) is 26.0 Å². The zero-order valence-corrected chi connectivity index (χ0v) is 13.8. The Kier molecular flexibility index (Phi) is 4.37. The van der Waals surface area contributed by atoms with Crippen molar-refractivity contribution < 1.29 is 20.1 Å². The van der Waals surface area contributed by atoms with E-state index in [0.717, 1.165) is 16.7 Å². The van der Waals surface area contributed by atoms with Crippen LogP contribution in [0.1, 0.15) is 53.7 Å². The molecule has 3 N–H and O–H groups in total. The Balaban J connectivity index is 2.45. The van der Waals surface area contributed by atoms with Crippen LogP contribution in [0.4, 0.5) is 0 Å². The fraction of sp³-hybridized carbons (Fsp3) is 0.316. The van der Waals surface area contributed by atoms with E-state index in [1.165, 1.54) is 12.1 Å². The van der Waals surface area contributed by atoms with Crippen LogP contribution in [-0.4, -0.2) is 21.3 Å². The second kappa shape index (κ2) is 5.95. The summed E-state index contributed by atoms with van der Waals surface area (Å²) < 4.78 is 0. The molecule has 0 saturated carbocycles. The SMILES string of the molecule is Cc1cc(C(C)(C)C(C)c2ccc(O)c(C(=O)O)c2)ccc1O. The van der Waals surface area contributed by atoms with Gasteiger partial charge >= 0.3 is 5.97 Å². The second-order valence-electron chi connectivity index (χ2n) is 6.53. The van der Waals surface area contributed by atoms with Crippen LogP contribution < -0.4 is 0 Å². The molecule has 0 spiro atoms. The van der Waals surface area contributed by atoms with Crippen molar-refractivity contribution in [1.82, 2.24) is 0 Å². The highest BCUT2D eigenvalue weighted by Gasteiger charge is 2.30. The Labute approximate surface area is 136 Å². The quantitative estimate of drug-likeness (QED) is 0.791. The van der Waals surface area contributed by atoms with Crippen molar-refractivity contribution in [3.05, 3.63) is 58.7 Å². The van der Waals surface area contributed by atoms with Crippen LogP contribution in [0, 0.1) is 6.92 Å². The molecular formula is C19H22O4.